The molecular formula is C26H24F3N3O4. The Morgan fingerprint density at radius 3 is 2.53 bits per heavy atom. The third-order valence-corrected chi connectivity index (χ3v) is 6.35. The molecule has 0 saturated carbocycles. The first-order valence-corrected chi connectivity index (χ1v) is 11.5. The Balaban J connectivity index is 1.23. The molecule has 10 heteroatoms. The first-order valence-electron chi connectivity index (χ1n) is 11.5. The van der Waals surface area contributed by atoms with E-state index in [-0.39, 0.29) is 30.7 Å². The maximum atomic E-state index is 13.0. The van der Waals surface area contributed by atoms with E-state index in [0.717, 1.165) is 17.7 Å². The fraction of sp³-hybridized carbons (Fsp3) is 0.308. The molecule has 2 aromatic carbocycles. The number of amides is 2. The van der Waals surface area contributed by atoms with Crippen molar-refractivity contribution in [3.63, 3.8) is 0 Å². The average Bonchev–Trinajstić information content (AvgIpc) is 3.34. The number of hydrogen-bond donors (Lipinski definition) is 0. The number of rotatable bonds is 4. The van der Waals surface area contributed by atoms with Crippen LogP contribution in [0.2, 0.25) is 0 Å². The second-order valence-corrected chi connectivity index (χ2v) is 8.83. The monoisotopic (exact) mass is 499 g/mol. The number of ether oxygens (including phenoxy) is 1. The van der Waals surface area contributed by atoms with Gasteiger partial charge in [0.25, 0.3) is 11.8 Å². The van der Waals surface area contributed by atoms with Crippen LogP contribution in [0.4, 0.5) is 24.5 Å². The number of halogens is 3. The second-order valence-electron chi connectivity index (χ2n) is 8.83. The van der Waals surface area contributed by atoms with Gasteiger partial charge in [-0.3, -0.25) is 14.5 Å². The summed E-state index contributed by atoms with van der Waals surface area (Å²) >= 11 is 0. The van der Waals surface area contributed by atoms with E-state index < -0.39 is 11.7 Å². The van der Waals surface area contributed by atoms with Crippen molar-refractivity contribution in [1.29, 1.82) is 0 Å². The van der Waals surface area contributed by atoms with Crippen LogP contribution in [-0.4, -0.2) is 49.5 Å². The number of alkyl halides is 3. The number of aryl methyl sites for hydroxylation is 1. The van der Waals surface area contributed by atoms with E-state index in [1.54, 1.807) is 28.0 Å². The van der Waals surface area contributed by atoms with E-state index in [4.69, 9.17) is 9.15 Å². The normalized spacial score (nSPS) is 16.1. The van der Waals surface area contributed by atoms with Gasteiger partial charge < -0.3 is 19.0 Å². The van der Waals surface area contributed by atoms with E-state index >= 15 is 0 Å². The van der Waals surface area contributed by atoms with Gasteiger partial charge in [0, 0.05) is 31.9 Å². The Labute approximate surface area is 205 Å². The molecule has 1 aromatic heterocycles. The number of benzene rings is 2. The van der Waals surface area contributed by atoms with Crippen LogP contribution < -0.4 is 14.5 Å². The third-order valence-electron chi connectivity index (χ3n) is 6.35. The Morgan fingerprint density at radius 2 is 1.78 bits per heavy atom. The van der Waals surface area contributed by atoms with Crippen molar-refractivity contribution in [1.82, 2.24) is 4.90 Å². The molecule has 188 valence electrons. The number of fused-ring (bicyclic) bond motifs is 1. The summed E-state index contributed by atoms with van der Waals surface area (Å²) in [6.45, 7) is 3.51. The molecule has 2 aliphatic rings. The lowest BCUT2D eigenvalue weighted by atomic mass is 10.1. The number of piperazine rings is 1. The minimum atomic E-state index is -4.41. The van der Waals surface area contributed by atoms with Gasteiger partial charge in [0.2, 0.25) is 0 Å². The summed E-state index contributed by atoms with van der Waals surface area (Å²) in [5.74, 6) is 0.727. The maximum absolute atomic E-state index is 13.0. The molecule has 36 heavy (non-hydrogen) atoms. The van der Waals surface area contributed by atoms with Gasteiger partial charge in [-0.25, -0.2) is 0 Å². The summed E-state index contributed by atoms with van der Waals surface area (Å²) in [5.41, 5.74) is 1.42. The van der Waals surface area contributed by atoms with E-state index in [1.807, 2.05) is 30.0 Å². The van der Waals surface area contributed by atoms with Crippen molar-refractivity contribution in [3.05, 3.63) is 77.2 Å². The molecule has 1 fully saturated rings. The molecule has 3 aromatic rings. The Kier molecular flexibility index (Phi) is 6.11. The zero-order chi connectivity index (χ0) is 25.4. The Hall–Kier alpha value is -3.95. The fourth-order valence-electron chi connectivity index (χ4n) is 4.42. The summed E-state index contributed by atoms with van der Waals surface area (Å²) in [4.78, 5) is 30.5. The fourth-order valence-corrected chi connectivity index (χ4v) is 4.42. The smallest absolute Gasteiger partial charge is 0.416 e. The molecule has 0 spiro atoms. The summed E-state index contributed by atoms with van der Waals surface area (Å²) in [6.07, 6.45) is -4.41. The van der Waals surface area contributed by atoms with Crippen LogP contribution in [0.15, 0.2) is 59.0 Å². The lowest BCUT2D eigenvalue weighted by Crippen LogP contribution is -2.48. The molecule has 3 heterocycles. The number of carbonyl (C=O) groups is 2. The van der Waals surface area contributed by atoms with Crippen molar-refractivity contribution in [2.45, 2.75) is 19.6 Å². The van der Waals surface area contributed by atoms with Crippen LogP contribution in [0.1, 0.15) is 27.4 Å². The van der Waals surface area contributed by atoms with Crippen molar-refractivity contribution in [3.8, 4) is 5.75 Å². The molecule has 1 saturated heterocycles. The average molecular weight is 499 g/mol. The first kappa shape index (κ1) is 23.8. The highest BCUT2D eigenvalue weighted by atomic mass is 19.4. The number of carbonyl (C=O) groups excluding carboxylic acids is 2. The molecule has 0 aliphatic carbocycles. The summed E-state index contributed by atoms with van der Waals surface area (Å²) in [6, 6.07) is 14.0. The van der Waals surface area contributed by atoms with E-state index in [2.05, 4.69) is 0 Å². The highest BCUT2D eigenvalue weighted by molar-refractivity contribution is 5.98. The number of anilines is 2. The van der Waals surface area contributed by atoms with Crippen molar-refractivity contribution in [2.75, 3.05) is 42.6 Å². The molecule has 2 amide bonds. The molecular weight excluding hydrogens is 475 g/mol. The molecule has 0 bridgehead atoms. The second kappa shape index (κ2) is 9.25. The van der Waals surface area contributed by atoms with Crippen LogP contribution in [0.25, 0.3) is 0 Å². The van der Waals surface area contributed by atoms with Crippen LogP contribution in [0, 0.1) is 6.92 Å². The van der Waals surface area contributed by atoms with Gasteiger partial charge in [0.15, 0.2) is 12.4 Å². The maximum Gasteiger partial charge on any atom is 0.416 e. The van der Waals surface area contributed by atoms with E-state index in [9.17, 15) is 22.8 Å². The van der Waals surface area contributed by atoms with Crippen molar-refractivity contribution < 1.29 is 31.9 Å². The van der Waals surface area contributed by atoms with Crippen LogP contribution in [0.5, 0.6) is 5.75 Å². The molecule has 0 atom stereocenters. The van der Waals surface area contributed by atoms with Crippen LogP contribution in [0.3, 0.4) is 0 Å². The van der Waals surface area contributed by atoms with Crippen LogP contribution in [-0.2, 0) is 17.5 Å². The zero-order valence-electron chi connectivity index (χ0n) is 19.5. The number of nitrogens with zero attached hydrogens (tertiary/aromatic N) is 3. The van der Waals surface area contributed by atoms with Gasteiger partial charge >= 0.3 is 6.18 Å². The number of furan rings is 1. The zero-order valence-corrected chi connectivity index (χ0v) is 19.5. The third kappa shape index (κ3) is 4.75. The molecule has 0 unspecified atom stereocenters. The van der Waals surface area contributed by atoms with Gasteiger partial charge in [-0.2, -0.15) is 13.2 Å². The van der Waals surface area contributed by atoms with E-state index in [0.29, 0.717) is 49.1 Å². The minimum absolute atomic E-state index is 0.0707. The lowest BCUT2D eigenvalue weighted by Gasteiger charge is -2.36. The Morgan fingerprint density at radius 1 is 1.00 bits per heavy atom. The highest BCUT2D eigenvalue weighted by Crippen LogP contribution is 2.34. The highest BCUT2D eigenvalue weighted by Gasteiger charge is 2.32. The summed E-state index contributed by atoms with van der Waals surface area (Å²) < 4.78 is 50.4. The largest absolute Gasteiger partial charge is 0.482 e. The molecule has 0 N–H and O–H groups in total. The predicted molar refractivity (Wildman–Crippen MR) is 126 cm³/mol. The lowest BCUT2D eigenvalue weighted by molar-refractivity contribution is -0.137. The van der Waals surface area contributed by atoms with Crippen molar-refractivity contribution >= 4 is 23.2 Å². The van der Waals surface area contributed by atoms with Gasteiger partial charge in [-0.1, -0.05) is 12.1 Å². The SMILES string of the molecule is Cc1ccc2c(c1)N(Cc1ccc(C(=O)N3CCN(c4cccc(C(F)(F)F)c4)CC3)o1)C(=O)CO2. The summed E-state index contributed by atoms with van der Waals surface area (Å²) in [5, 5.41) is 0. The first-order chi connectivity index (χ1) is 17.2. The minimum Gasteiger partial charge on any atom is -0.482 e. The van der Waals surface area contributed by atoms with E-state index in [1.165, 1.54) is 6.07 Å². The van der Waals surface area contributed by atoms with Gasteiger partial charge in [0.05, 0.1) is 17.8 Å². The molecule has 5 rings (SSSR count). The van der Waals surface area contributed by atoms with Gasteiger partial charge in [-0.15, -0.1) is 0 Å². The quantitative estimate of drug-likeness (QED) is 0.529. The van der Waals surface area contributed by atoms with Crippen molar-refractivity contribution in [2.24, 2.45) is 0 Å². The predicted octanol–water partition coefficient (Wildman–Crippen LogP) is 4.49. The standard InChI is InChI=1S/C26H24F3N3O4/c1-17-5-7-22-21(13-17)32(24(33)16-35-22)15-20-6-8-23(36-20)25(34)31-11-9-30(10-12-31)19-4-2-3-18(14-19)26(27,28)29/h2-8,13-14H,9-12,15-16H2,1H3. The van der Waals surface area contributed by atoms with Crippen LogP contribution >= 0.6 is 0 Å². The topological polar surface area (TPSA) is 66.2 Å². The van der Waals surface area contributed by atoms with Gasteiger partial charge in [-0.05, 0) is 55.0 Å². The molecule has 2 aliphatic heterocycles. The summed E-state index contributed by atoms with van der Waals surface area (Å²) in [7, 11) is 0. The molecule has 7 nitrogen and oxygen atoms in total. The molecule has 0 radical (unpaired) electrons. The Bertz CT molecular complexity index is 1300. The number of hydrogen-bond acceptors (Lipinski definition) is 5. The van der Waals surface area contributed by atoms with Gasteiger partial charge in [0.1, 0.15) is 11.5 Å².